The Balaban J connectivity index is 1.74. The molecule has 1 aromatic rings. The highest BCUT2D eigenvalue weighted by molar-refractivity contribution is 5.98. The molecule has 2 heteroatoms. The van der Waals surface area contributed by atoms with Crippen LogP contribution in [0.5, 0.6) is 0 Å². The van der Waals surface area contributed by atoms with Crippen LogP contribution < -0.4 is 0 Å². The molecule has 2 heterocycles. The van der Waals surface area contributed by atoms with Crippen molar-refractivity contribution in [3.05, 3.63) is 42.0 Å². The zero-order chi connectivity index (χ0) is 13.4. The Morgan fingerprint density at radius 1 is 1.11 bits per heavy atom. The van der Waals surface area contributed by atoms with Crippen LogP contribution in [0.2, 0.25) is 0 Å². The number of ketones is 1. The largest absolute Gasteiger partial charge is 0.375 e. The highest BCUT2D eigenvalue weighted by Crippen LogP contribution is 2.37. The fourth-order valence-corrected chi connectivity index (χ4v) is 3.23. The van der Waals surface area contributed by atoms with Gasteiger partial charge in [0.2, 0.25) is 0 Å². The second kappa shape index (κ2) is 4.93. The van der Waals surface area contributed by atoms with Crippen LogP contribution in [0.25, 0.3) is 5.57 Å². The topological polar surface area (TPSA) is 26.3 Å². The normalized spacial score (nSPS) is 29.2. The lowest BCUT2D eigenvalue weighted by atomic mass is 9.87. The van der Waals surface area contributed by atoms with Gasteiger partial charge in [0.15, 0.2) is 5.78 Å². The predicted molar refractivity (Wildman–Crippen MR) is 76.1 cm³/mol. The van der Waals surface area contributed by atoms with E-state index in [2.05, 4.69) is 6.58 Å². The van der Waals surface area contributed by atoms with E-state index in [-0.39, 0.29) is 11.7 Å². The summed E-state index contributed by atoms with van der Waals surface area (Å²) in [4.78, 5) is 12.5. The van der Waals surface area contributed by atoms with Gasteiger partial charge in [0, 0.05) is 11.5 Å². The summed E-state index contributed by atoms with van der Waals surface area (Å²) in [6.45, 7) is 5.90. The van der Waals surface area contributed by atoms with Gasteiger partial charge in [0.05, 0.1) is 12.2 Å². The van der Waals surface area contributed by atoms with Gasteiger partial charge in [-0.05, 0) is 38.2 Å². The minimum Gasteiger partial charge on any atom is -0.375 e. The van der Waals surface area contributed by atoms with E-state index in [1.807, 2.05) is 31.2 Å². The fraction of sp³-hybridized carbons (Fsp3) is 0.471. The molecule has 19 heavy (non-hydrogen) atoms. The van der Waals surface area contributed by atoms with E-state index in [1.165, 1.54) is 0 Å². The predicted octanol–water partition coefficient (Wildman–Crippen LogP) is 3.86. The molecular weight excluding hydrogens is 236 g/mol. The average molecular weight is 256 g/mol. The van der Waals surface area contributed by atoms with Gasteiger partial charge < -0.3 is 4.74 Å². The first kappa shape index (κ1) is 12.6. The summed E-state index contributed by atoms with van der Waals surface area (Å²) >= 11 is 0. The summed E-state index contributed by atoms with van der Waals surface area (Å²) in [5.41, 5.74) is 2.96. The highest BCUT2D eigenvalue weighted by atomic mass is 16.5. The lowest BCUT2D eigenvalue weighted by Gasteiger charge is -2.27. The number of hydrogen-bond acceptors (Lipinski definition) is 2. The standard InChI is InChI=1S/C17H20O2/c1-11(2)12-3-5-13(6-4-12)17(18)14-9-15-7-8-16(10-14)19-15/h3-6,14-16H,1,7-10H2,2H3. The third-order valence-electron chi connectivity index (χ3n) is 4.32. The molecule has 0 saturated carbocycles. The number of fused-ring (bicyclic) bond motifs is 2. The van der Waals surface area contributed by atoms with Crippen molar-refractivity contribution in [3.63, 3.8) is 0 Å². The van der Waals surface area contributed by atoms with Crippen molar-refractivity contribution < 1.29 is 9.53 Å². The zero-order valence-corrected chi connectivity index (χ0v) is 11.4. The lowest BCUT2D eigenvalue weighted by molar-refractivity contribution is -0.0149. The average Bonchev–Trinajstić information content (AvgIpc) is 2.76. The third kappa shape index (κ3) is 2.50. The minimum atomic E-state index is 0.155. The van der Waals surface area contributed by atoms with E-state index in [4.69, 9.17) is 4.74 Å². The molecule has 2 aliphatic rings. The lowest BCUT2D eigenvalue weighted by Crippen LogP contribution is -2.30. The number of rotatable bonds is 3. The molecule has 2 atom stereocenters. The summed E-state index contributed by atoms with van der Waals surface area (Å²) in [6.07, 6.45) is 4.70. The van der Waals surface area contributed by atoms with Crippen LogP contribution in [-0.2, 0) is 4.74 Å². The second-order valence-electron chi connectivity index (χ2n) is 5.85. The summed E-state index contributed by atoms with van der Waals surface area (Å²) in [6, 6.07) is 7.85. The smallest absolute Gasteiger partial charge is 0.166 e. The zero-order valence-electron chi connectivity index (χ0n) is 11.4. The molecule has 0 amide bonds. The van der Waals surface area contributed by atoms with Gasteiger partial charge in [-0.3, -0.25) is 4.79 Å². The van der Waals surface area contributed by atoms with Gasteiger partial charge in [-0.2, -0.15) is 0 Å². The molecule has 1 aromatic carbocycles. The molecule has 0 radical (unpaired) electrons. The Hall–Kier alpha value is -1.41. The number of Topliss-reactive ketones (excluding diaryl/α,β-unsaturated/α-hetero) is 1. The van der Waals surface area contributed by atoms with Crippen molar-refractivity contribution in [1.29, 1.82) is 0 Å². The molecule has 2 saturated heterocycles. The Morgan fingerprint density at radius 3 is 2.16 bits per heavy atom. The molecule has 0 aliphatic carbocycles. The van der Waals surface area contributed by atoms with Crippen LogP contribution in [0.1, 0.15) is 48.5 Å². The number of allylic oxidation sites excluding steroid dienone is 1. The summed E-state index contributed by atoms with van der Waals surface area (Å²) in [5.74, 6) is 0.440. The Bertz CT molecular complexity index is 488. The summed E-state index contributed by atoms with van der Waals surface area (Å²) < 4.78 is 5.80. The van der Waals surface area contributed by atoms with Gasteiger partial charge in [-0.25, -0.2) is 0 Å². The van der Waals surface area contributed by atoms with Crippen LogP contribution >= 0.6 is 0 Å². The first-order valence-corrected chi connectivity index (χ1v) is 7.09. The molecule has 2 bridgehead atoms. The maximum atomic E-state index is 12.5. The van der Waals surface area contributed by atoms with Gasteiger partial charge in [0.25, 0.3) is 0 Å². The number of hydrogen-bond donors (Lipinski definition) is 0. The van der Waals surface area contributed by atoms with Crippen molar-refractivity contribution in [3.8, 4) is 0 Å². The molecule has 3 rings (SSSR count). The first-order chi connectivity index (χ1) is 9.13. The molecule has 2 aliphatic heterocycles. The van der Waals surface area contributed by atoms with Crippen LogP contribution in [0.15, 0.2) is 30.8 Å². The minimum absolute atomic E-state index is 0.155. The van der Waals surface area contributed by atoms with Gasteiger partial charge in [-0.1, -0.05) is 36.4 Å². The quantitative estimate of drug-likeness (QED) is 0.768. The van der Waals surface area contributed by atoms with E-state index in [1.54, 1.807) is 0 Å². The molecule has 100 valence electrons. The van der Waals surface area contributed by atoms with E-state index in [9.17, 15) is 4.79 Å². The second-order valence-corrected chi connectivity index (χ2v) is 5.85. The fourth-order valence-electron chi connectivity index (χ4n) is 3.23. The molecule has 0 aromatic heterocycles. The molecule has 2 nitrogen and oxygen atoms in total. The number of carbonyl (C=O) groups is 1. The third-order valence-corrected chi connectivity index (χ3v) is 4.32. The molecule has 2 fully saturated rings. The monoisotopic (exact) mass is 256 g/mol. The van der Waals surface area contributed by atoms with Crippen molar-refractivity contribution in [2.75, 3.05) is 0 Å². The molecule has 0 spiro atoms. The van der Waals surface area contributed by atoms with Crippen molar-refractivity contribution in [2.45, 2.75) is 44.8 Å². The maximum Gasteiger partial charge on any atom is 0.166 e. The maximum absolute atomic E-state index is 12.5. The van der Waals surface area contributed by atoms with Crippen molar-refractivity contribution >= 4 is 11.4 Å². The highest BCUT2D eigenvalue weighted by Gasteiger charge is 2.38. The Labute approximate surface area is 114 Å². The summed E-state index contributed by atoms with van der Waals surface area (Å²) in [5, 5.41) is 0. The Kier molecular flexibility index (Phi) is 3.28. The van der Waals surface area contributed by atoms with E-state index in [0.29, 0.717) is 12.2 Å². The number of carbonyl (C=O) groups excluding carboxylic acids is 1. The number of ether oxygens (including phenoxy) is 1. The molecule has 0 N–H and O–H groups in total. The van der Waals surface area contributed by atoms with Gasteiger partial charge in [0.1, 0.15) is 0 Å². The summed E-state index contributed by atoms with van der Waals surface area (Å²) in [7, 11) is 0. The van der Waals surface area contributed by atoms with Gasteiger partial charge in [-0.15, -0.1) is 0 Å². The van der Waals surface area contributed by atoms with Crippen LogP contribution in [0, 0.1) is 5.92 Å². The first-order valence-electron chi connectivity index (χ1n) is 7.09. The van der Waals surface area contributed by atoms with Crippen molar-refractivity contribution in [2.24, 2.45) is 5.92 Å². The van der Waals surface area contributed by atoms with Crippen LogP contribution in [-0.4, -0.2) is 18.0 Å². The van der Waals surface area contributed by atoms with E-state index < -0.39 is 0 Å². The van der Waals surface area contributed by atoms with Crippen molar-refractivity contribution in [1.82, 2.24) is 0 Å². The number of benzene rings is 1. The Morgan fingerprint density at radius 2 is 1.63 bits per heavy atom. The van der Waals surface area contributed by atoms with Crippen LogP contribution in [0.4, 0.5) is 0 Å². The van der Waals surface area contributed by atoms with Gasteiger partial charge >= 0.3 is 0 Å². The van der Waals surface area contributed by atoms with Crippen LogP contribution in [0.3, 0.4) is 0 Å². The SMILES string of the molecule is C=C(C)c1ccc(C(=O)C2CC3CCC(C2)O3)cc1. The van der Waals surface area contributed by atoms with E-state index >= 15 is 0 Å². The molecular formula is C17H20O2. The molecule has 2 unspecified atom stereocenters. The van der Waals surface area contributed by atoms with E-state index in [0.717, 1.165) is 42.4 Å².